The molecule has 0 bridgehead atoms. The Labute approximate surface area is 113 Å². The van der Waals surface area contributed by atoms with E-state index in [-0.39, 0.29) is 29.8 Å². The first-order valence-corrected chi connectivity index (χ1v) is 6.49. The number of aromatic hydroxyl groups is 1. The van der Waals surface area contributed by atoms with E-state index in [0.29, 0.717) is 12.4 Å². The van der Waals surface area contributed by atoms with E-state index in [9.17, 15) is 9.90 Å². The van der Waals surface area contributed by atoms with Crippen molar-refractivity contribution in [2.75, 3.05) is 6.61 Å². The molecule has 0 fully saturated rings. The van der Waals surface area contributed by atoms with Gasteiger partial charge >= 0.3 is 0 Å². The molecule has 1 heterocycles. The molecule has 1 aliphatic rings. The van der Waals surface area contributed by atoms with Crippen LogP contribution >= 0.6 is 0 Å². The summed E-state index contributed by atoms with van der Waals surface area (Å²) in [6, 6.07) is 4.85. The molecule has 0 aromatic heterocycles. The third-order valence-corrected chi connectivity index (χ3v) is 3.05. The molecule has 1 aliphatic heterocycles. The zero-order valence-corrected chi connectivity index (χ0v) is 11.4. The molecule has 19 heavy (non-hydrogen) atoms. The molecule has 2 rings (SSSR count). The molecule has 0 saturated carbocycles. The third-order valence-electron chi connectivity index (χ3n) is 3.05. The van der Waals surface area contributed by atoms with E-state index in [0.717, 1.165) is 5.56 Å². The Balaban J connectivity index is 2.01. The summed E-state index contributed by atoms with van der Waals surface area (Å²) in [5, 5.41) is 15.5. The summed E-state index contributed by atoms with van der Waals surface area (Å²) in [5.41, 5.74) is 0.974. The van der Waals surface area contributed by atoms with E-state index in [1.807, 2.05) is 26.8 Å². The zero-order chi connectivity index (χ0) is 14.0. The van der Waals surface area contributed by atoms with Gasteiger partial charge in [0.2, 0.25) is 5.91 Å². The van der Waals surface area contributed by atoms with Gasteiger partial charge in [0, 0.05) is 17.7 Å². The van der Waals surface area contributed by atoms with Gasteiger partial charge in [-0.3, -0.25) is 10.1 Å². The van der Waals surface area contributed by atoms with Crippen molar-refractivity contribution in [2.45, 2.75) is 38.9 Å². The average Bonchev–Trinajstić information content (AvgIpc) is 2.70. The molecular weight excluding hydrogens is 244 g/mol. The predicted octanol–water partition coefficient (Wildman–Crippen LogP) is 1.33. The van der Waals surface area contributed by atoms with Crippen LogP contribution in [0.25, 0.3) is 0 Å². The molecule has 5 heteroatoms. The second-order valence-electron chi connectivity index (χ2n) is 5.14. The van der Waals surface area contributed by atoms with Gasteiger partial charge < -0.3 is 15.2 Å². The van der Waals surface area contributed by atoms with Crippen molar-refractivity contribution >= 4 is 5.91 Å². The monoisotopic (exact) mass is 264 g/mol. The van der Waals surface area contributed by atoms with Crippen molar-refractivity contribution < 1.29 is 14.6 Å². The molecule has 104 valence electrons. The second-order valence-corrected chi connectivity index (χ2v) is 5.14. The van der Waals surface area contributed by atoms with Crippen LogP contribution in [0.1, 0.15) is 32.4 Å². The fourth-order valence-corrected chi connectivity index (χ4v) is 2.12. The Morgan fingerprint density at radius 2 is 2.16 bits per heavy atom. The Morgan fingerprint density at radius 3 is 2.84 bits per heavy atom. The predicted molar refractivity (Wildman–Crippen MR) is 72.2 cm³/mol. The van der Waals surface area contributed by atoms with Crippen LogP contribution in [0.5, 0.6) is 11.5 Å². The Bertz CT molecular complexity index is 474. The van der Waals surface area contributed by atoms with Gasteiger partial charge in [0.05, 0.1) is 12.1 Å². The number of nitrogens with one attached hydrogen (secondary N) is 2. The highest BCUT2D eigenvalue weighted by atomic mass is 16.5. The largest absolute Gasteiger partial charge is 0.508 e. The minimum Gasteiger partial charge on any atom is -0.508 e. The van der Waals surface area contributed by atoms with Crippen molar-refractivity contribution in [3.63, 3.8) is 0 Å². The van der Waals surface area contributed by atoms with Gasteiger partial charge in [-0.15, -0.1) is 0 Å². The van der Waals surface area contributed by atoms with Crippen LogP contribution in [0.15, 0.2) is 18.2 Å². The highest BCUT2D eigenvalue weighted by Crippen LogP contribution is 2.34. The van der Waals surface area contributed by atoms with E-state index in [1.54, 1.807) is 12.1 Å². The van der Waals surface area contributed by atoms with E-state index >= 15 is 0 Å². The Morgan fingerprint density at radius 1 is 1.42 bits per heavy atom. The smallest absolute Gasteiger partial charge is 0.237 e. The van der Waals surface area contributed by atoms with Crippen molar-refractivity contribution in [2.24, 2.45) is 0 Å². The van der Waals surface area contributed by atoms with Crippen LogP contribution < -0.4 is 15.4 Å². The van der Waals surface area contributed by atoms with Gasteiger partial charge in [0.15, 0.2) is 0 Å². The topological polar surface area (TPSA) is 70.6 Å². The van der Waals surface area contributed by atoms with Gasteiger partial charge in [-0.05, 0) is 32.9 Å². The lowest BCUT2D eigenvalue weighted by Gasteiger charge is -2.19. The standard InChI is InChI=1S/C14H20N2O3/c1-8(2)15-14(18)9(3)16-12-7-19-13-6-10(17)4-5-11(12)13/h4-6,8-9,12,16-17H,7H2,1-3H3,(H,15,18). The van der Waals surface area contributed by atoms with E-state index in [1.165, 1.54) is 0 Å². The van der Waals surface area contributed by atoms with Crippen LogP contribution in [0.3, 0.4) is 0 Å². The van der Waals surface area contributed by atoms with Crippen LogP contribution in [-0.2, 0) is 4.79 Å². The first-order chi connectivity index (χ1) is 8.97. The minimum absolute atomic E-state index is 0.0245. The maximum absolute atomic E-state index is 11.9. The molecule has 2 unspecified atom stereocenters. The third kappa shape index (κ3) is 3.17. The van der Waals surface area contributed by atoms with Crippen molar-refractivity contribution in [1.82, 2.24) is 10.6 Å². The SMILES string of the molecule is CC(C)NC(=O)C(C)NC1COc2cc(O)ccc21. The van der Waals surface area contributed by atoms with Crippen LogP contribution in [0.2, 0.25) is 0 Å². The number of carbonyl (C=O) groups is 1. The van der Waals surface area contributed by atoms with E-state index in [2.05, 4.69) is 10.6 Å². The molecule has 1 aromatic carbocycles. The maximum atomic E-state index is 11.9. The summed E-state index contributed by atoms with van der Waals surface area (Å²) >= 11 is 0. The molecular formula is C14H20N2O3. The van der Waals surface area contributed by atoms with Crippen molar-refractivity contribution in [3.05, 3.63) is 23.8 Å². The first kappa shape index (κ1) is 13.7. The van der Waals surface area contributed by atoms with Gasteiger partial charge in [-0.1, -0.05) is 0 Å². The number of ether oxygens (including phenoxy) is 1. The number of carbonyl (C=O) groups excluding carboxylic acids is 1. The number of hydrogen-bond donors (Lipinski definition) is 3. The normalized spacial score (nSPS) is 18.8. The molecule has 1 aromatic rings. The van der Waals surface area contributed by atoms with E-state index < -0.39 is 0 Å². The summed E-state index contributed by atoms with van der Waals surface area (Å²) in [5.74, 6) is 0.834. The highest BCUT2D eigenvalue weighted by Gasteiger charge is 2.27. The lowest BCUT2D eigenvalue weighted by Crippen LogP contribution is -2.46. The summed E-state index contributed by atoms with van der Waals surface area (Å²) < 4.78 is 5.50. The number of phenolic OH excluding ortho intramolecular Hbond substituents is 1. The summed E-state index contributed by atoms with van der Waals surface area (Å²) in [6.45, 7) is 6.16. The lowest BCUT2D eigenvalue weighted by atomic mass is 10.1. The van der Waals surface area contributed by atoms with Gasteiger partial charge in [-0.2, -0.15) is 0 Å². The maximum Gasteiger partial charge on any atom is 0.237 e. The summed E-state index contributed by atoms with van der Waals surface area (Å²) in [4.78, 5) is 11.9. The summed E-state index contributed by atoms with van der Waals surface area (Å²) in [6.07, 6.45) is 0. The van der Waals surface area contributed by atoms with Crippen LogP contribution in [0.4, 0.5) is 0 Å². The van der Waals surface area contributed by atoms with E-state index in [4.69, 9.17) is 4.74 Å². The van der Waals surface area contributed by atoms with Crippen LogP contribution in [-0.4, -0.2) is 29.7 Å². The molecule has 5 nitrogen and oxygen atoms in total. The number of hydrogen-bond acceptors (Lipinski definition) is 4. The molecule has 0 saturated heterocycles. The van der Waals surface area contributed by atoms with Gasteiger partial charge in [0.25, 0.3) is 0 Å². The molecule has 0 spiro atoms. The molecule has 0 aliphatic carbocycles. The molecule has 0 radical (unpaired) electrons. The van der Waals surface area contributed by atoms with Gasteiger partial charge in [-0.25, -0.2) is 0 Å². The summed E-state index contributed by atoms with van der Waals surface area (Å²) in [7, 11) is 0. The molecule has 1 amide bonds. The second kappa shape index (κ2) is 5.48. The highest BCUT2D eigenvalue weighted by molar-refractivity contribution is 5.81. The number of amides is 1. The van der Waals surface area contributed by atoms with Crippen LogP contribution in [0, 0.1) is 0 Å². The number of benzene rings is 1. The zero-order valence-electron chi connectivity index (χ0n) is 11.4. The molecule has 2 atom stereocenters. The average molecular weight is 264 g/mol. The number of phenols is 1. The van der Waals surface area contributed by atoms with Gasteiger partial charge in [0.1, 0.15) is 18.1 Å². The van der Waals surface area contributed by atoms with Crippen molar-refractivity contribution in [1.29, 1.82) is 0 Å². The fraction of sp³-hybridized carbons (Fsp3) is 0.500. The molecule has 3 N–H and O–H groups in total. The quantitative estimate of drug-likeness (QED) is 0.767. The number of fused-ring (bicyclic) bond motifs is 1. The van der Waals surface area contributed by atoms with Crippen molar-refractivity contribution in [3.8, 4) is 11.5 Å². The fourth-order valence-electron chi connectivity index (χ4n) is 2.12. The lowest BCUT2D eigenvalue weighted by molar-refractivity contribution is -0.123. The minimum atomic E-state index is -0.296. The Hall–Kier alpha value is -1.75. The number of rotatable bonds is 4. The first-order valence-electron chi connectivity index (χ1n) is 6.49. The Kier molecular flexibility index (Phi) is 3.95.